The molecule has 5 rings (SSSR count). The number of ether oxygens (including phenoxy) is 1. The van der Waals surface area contributed by atoms with Crippen molar-refractivity contribution in [3.63, 3.8) is 0 Å². The maximum atomic E-state index is 12.7. The number of carbonyl (C=O) groups excluding carboxylic acids is 1. The molecule has 29 heavy (non-hydrogen) atoms. The first-order valence-corrected chi connectivity index (χ1v) is 11.3. The average Bonchev–Trinajstić information content (AvgIpc) is 3.37. The van der Waals surface area contributed by atoms with E-state index in [4.69, 9.17) is 4.74 Å². The molecular formula is C23H20N2O2S2. The second-order valence-corrected chi connectivity index (χ2v) is 9.01. The second-order valence-electron chi connectivity index (χ2n) is 6.94. The van der Waals surface area contributed by atoms with Gasteiger partial charge in [-0.2, -0.15) is 0 Å². The highest BCUT2D eigenvalue weighted by molar-refractivity contribution is 7.98. The number of thiophene rings is 1. The van der Waals surface area contributed by atoms with Crippen molar-refractivity contribution in [2.24, 2.45) is 0 Å². The number of nitrogens with zero attached hydrogens (tertiary/aromatic N) is 1. The zero-order valence-electron chi connectivity index (χ0n) is 16.0. The first-order chi connectivity index (χ1) is 14.2. The van der Waals surface area contributed by atoms with E-state index in [0.29, 0.717) is 6.54 Å². The molecule has 0 radical (unpaired) electrons. The Morgan fingerprint density at radius 1 is 1.17 bits per heavy atom. The van der Waals surface area contributed by atoms with Crippen LogP contribution in [-0.2, 0) is 12.3 Å². The number of hydrogen-bond acceptors (Lipinski definition) is 4. The van der Waals surface area contributed by atoms with E-state index in [1.165, 1.54) is 20.9 Å². The van der Waals surface area contributed by atoms with Gasteiger partial charge in [0, 0.05) is 51.3 Å². The molecule has 1 aliphatic heterocycles. The third kappa shape index (κ3) is 3.43. The minimum Gasteiger partial charge on any atom is -0.497 e. The van der Waals surface area contributed by atoms with Gasteiger partial charge in [-0.25, -0.2) is 0 Å². The molecule has 4 aromatic rings. The van der Waals surface area contributed by atoms with E-state index in [2.05, 4.69) is 52.3 Å². The highest BCUT2D eigenvalue weighted by Gasteiger charge is 2.21. The normalized spacial score (nSPS) is 12.4. The van der Waals surface area contributed by atoms with Gasteiger partial charge in [0.15, 0.2) is 0 Å². The van der Waals surface area contributed by atoms with Crippen LogP contribution >= 0.6 is 23.1 Å². The monoisotopic (exact) mass is 420 g/mol. The molecule has 0 spiro atoms. The highest BCUT2D eigenvalue weighted by Crippen LogP contribution is 2.45. The van der Waals surface area contributed by atoms with Gasteiger partial charge in [-0.1, -0.05) is 18.2 Å². The Kier molecular flexibility index (Phi) is 4.81. The largest absolute Gasteiger partial charge is 0.497 e. The number of carbonyl (C=O) groups is 1. The number of benzene rings is 2. The van der Waals surface area contributed by atoms with Crippen LogP contribution in [-0.4, -0.2) is 24.1 Å². The van der Waals surface area contributed by atoms with Gasteiger partial charge in [0.2, 0.25) is 0 Å². The molecule has 1 amide bonds. The van der Waals surface area contributed by atoms with Gasteiger partial charge in [-0.15, -0.1) is 23.1 Å². The zero-order chi connectivity index (χ0) is 19.8. The lowest BCUT2D eigenvalue weighted by Crippen LogP contribution is -2.26. The number of fused-ring (bicyclic) bond motifs is 4. The summed E-state index contributed by atoms with van der Waals surface area (Å²) in [6.07, 6.45) is 2.05. The molecule has 0 saturated carbocycles. The summed E-state index contributed by atoms with van der Waals surface area (Å²) in [4.78, 5) is 16.0. The van der Waals surface area contributed by atoms with Crippen LogP contribution < -0.4 is 10.1 Å². The van der Waals surface area contributed by atoms with Gasteiger partial charge in [-0.3, -0.25) is 4.79 Å². The number of thioether (sulfide) groups is 1. The van der Waals surface area contributed by atoms with Crippen molar-refractivity contribution in [2.75, 3.05) is 13.7 Å². The Morgan fingerprint density at radius 3 is 2.97 bits per heavy atom. The van der Waals surface area contributed by atoms with Crippen molar-refractivity contribution >= 4 is 39.9 Å². The summed E-state index contributed by atoms with van der Waals surface area (Å²) in [7, 11) is 1.67. The van der Waals surface area contributed by atoms with E-state index < -0.39 is 0 Å². The summed E-state index contributed by atoms with van der Waals surface area (Å²) >= 11 is 3.43. The molecule has 2 aromatic carbocycles. The SMILES string of the molecule is COc1ccc2c(ccn2CCNC(=O)c2cc3c(s2)-c2ccccc2SC3)c1. The quantitative estimate of drug-likeness (QED) is 0.469. The summed E-state index contributed by atoms with van der Waals surface area (Å²) in [5, 5.41) is 4.21. The third-order valence-corrected chi connectivity index (χ3v) is 7.50. The molecule has 0 bridgehead atoms. The van der Waals surface area contributed by atoms with Crippen molar-refractivity contribution in [1.29, 1.82) is 0 Å². The highest BCUT2D eigenvalue weighted by atomic mass is 32.2. The van der Waals surface area contributed by atoms with Crippen LogP contribution in [0.1, 0.15) is 15.2 Å². The minimum absolute atomic E-state index is 0.00464. The molecule has 0 atom stereocenters. The van der Waals surface area contributed by atoms with E-state index in [1.54, 1.807) is 18.4 Å². The Bertz CT molecular complexity index is 1210. The topological polar surface area (TPSA) is 43.3 Å². The average molecular weight is 421 g/mol. The fourth-order valence-electron chi connectivity index (χ4n) is 3.69. The van der Waals surface area contributed by atoms with Crippen LogP contribution in [0.5, 0.6) is 5.75 Å². The van der Waals surface area contributed by atoms with Crippen molar-refractivity contribution < 1.29 is 9.53 Å². The molecule has 4 nitrogen and oxygen atoms in total. The molecule has 6 heteroatoms. The molecule has 0 saturated heterocycles. The Balaban J connectivity index is 1.27. The summed E-state index contributed by atoms with van der Waals surface area (Å²) in [5.41, 5.74) is 3.64. The predicted octanol–water partition coefficient (Wildman–Crippen LogP) is 5.41. The molecule has 0 fully saturated rings. The molecule has 1 aliphatic rings. The molecule has 0 aliphatic carbocycles. The molecule has 1 N–H and O–H groups in total. The number of aromatic nitrogens is 1. The van der Waals surface area contributed by atoms with Crippen LogP contribution in [0, 0.1) is 0 Å². The van der Waals surface area contributed by atoms with Crippen molar-refractivity contribution in [2.45, 2.75) is 17.2 Å². The summed E-state index contributed by atoms with van der Waals surface area (Å²) < 4.78 is 7.44. The third-order valence-electron chi connectivity index (χ3n) is 5.16. The Labute approximate surface area is 177 Å². The van der Waals surface area contributed by atoms with Crippen LogP contribution in [0.4, 0.5) is 0 Å². The lowest BCUT2D eigenvalue weighted by Gasteiger charge is -2.14. The molecule has 0 unspecified atom stereocenters. The molecule has 146 valence electrons. The second kappa shape index (κ2) is 7.61. The van der Waals surface area contributed by atoms with Gasteiger partial charge in [0.25, 0.3) is 5.91 Å². The summed E-state index contributed by atoms with van der Waals surface area (Å²) in [6, 6.07) is 18.6. The lowest BCUT2D eigenvalue weighted by atomic mass is 10.1. The van der Waals surface area contributed by atoms with Crippen molar-refractivity contribution in [3.05, 3.63) is 71.2 Å². The Hall–Kier alpha value is -2.70. The molecule has 3 heterocycles. The standard InChI is InChI=1S/C23H20N2O2S2/c1-27-17-6-7-19-15(12-17)8-10-25(19)11-9-24-23(26)21-13-16-14-28-20-5-3-2-4-18(20)22(16)29-21/h2-8,10,12-13H,9,11,14H2,1H3,(H,24,26). The summed E-state index contributed by atoms with van der Waals surface area (Å²) in [5.74, 6) is 1.78. The van der Waals surface area contributed by atoms with Crippen LogP contribution in [0.25, 0.3) is 21.3 Å². The predicted molar refractivity (Wildman–Crippen MR) is 120 cm³/mol. The van der Waals surface area contributed by atoms with Gasteiger partial charge < -0.3 is 14.6 Å². The van der Waals surface area contributed by atoms with E-state index in [-0.39, 0.29) is 5.91 Å². The number of nitrogens with one attached hydrogen (secondary N) is 1. The number of methoxy groups -OCH3 is 1. The lowest BCUT2D eigenvalue weighted by molar-refractivity contribution is 0.0956. The van der Waals surface area contributed by atoms with Crippen LogP contribution in [0.15, 0.2) is 65.7 Å². The maximum Gasteiger partial charge on any atom is 0.261 e. The Morgan fingerprint density at radius 2 is 2.07 bits per heavy atom. The minimum atomic E-state index is 0.00464. The number of amides is 1. The molecule has 2 aromatic heterocycles. The van der Waals surface area contributed by atoms with Gasteiger partial charge in [0.1, 0.15) is 5.75 Å². The first-order valence-electron chi connectivity index (χ1n) is 9.49. The van der Waals surface area contributed by atoms with E-state index in [1.807, 2.05) is 30.1 Å². The fourth-order valence-corrected chi connectivity index (χ4v) is 6.02. The first kappa shape index (κ1) is 18.3. The van der Waals surface area contributed by atoms with E-state index in [0.717, 1.165) is 33.8 Å². The van der Waals surface area contributed by atoms with E-state index >= 15 is 0 Å². The molecular weight excluding hydrogens is 400 g/mol. The zero-order valence-corrected chi connectivity index (χ0v) is 17.6. The maximum absolute atomic E-state index is 12.7. The van der Waals surface area contributed by atoms with Crippen molar-refractivity contribution in [1.82, 2.24) is 9.88 Å². The number of rotatable bonds is 5. The number of hydrogen-bond donors (Lipinski definition) is 1. The van der Waals surface area contributed by atoms with Crippen molar-refractivity contribution in [3.8, 4) is 16.2 Å². The van der Waals surface area contributed by atoms with Gasteiger partial charge >= 0.3 is 0 Å². The smallest absolute Gasteiger partial charge is 0.261 e. The van der Waals surface area contributed by atoms with Crippen LogP contribution in [0.3, 0.4) is 0 Å². The van der Waals surface area contributed by atoms with Crippen LogP contribution in [0.2, 0.25) is 0 Å². The fraction of sp³-hybridized carbons (Fsp3) is 0.174. The summed E-state index contributed by atoms with van der Waals surface area (Å²) in [6.45, 7) is 1.31. The van der Waals surface area contributed by atoms with E-state index in [9.17, 15) is 4.79 Å². The van der Waals surface area contributed by atoms with Gasteiger partial charge in [0.05, 0.1) is 12.0 Å². The van der Waals surface area contributed by atoms with Gasteiger partial charge in [-0.05, 0) is 42.0 Å².